The van der Waals surface area contributed by atoms with Crippen LogP contribution in [-0.4, -0.2) is 33.3 Å². The van der Waals surface area contributed by atoms with Gasteiger partial charge in [0.15, 0.2) is 23.0 Å². The second-order valence-corrected chi connectivity index (χ2v) is 6.23. The number of nitrogens with one attached hydrogen (secondary N) is 1. The lowest BCUT2D eigenvalue weighted by atomic mass is 10.2. The Balaban J connectivity index is 2.06. The number of benzene rings is 2. The molecule has 2 rings (SSSR count). The van der Waals surface area contributed by atoms with E-state index in [2.05, 4.69) is 12.2 Å². The van der Waals surface area contributed by atoms with E-state index < -0.39 is 0 Å². The van der Waals surface area contributed by atoms with E-state index in [1.54, 1.807) is 38.5 Å². The molecular formula is C23H29NO5. The first-order chi connectivity index (χ1) is 14.1. The molecular weight excluding hydrogens is 370 g/mol. The SMILES string of the molecule is CCCCOc1ccc(/C=C/C(=O)Nc2ccc(OC)c(OC)c2)cc1OCC. The van der Waals surface area contributed by atoms with Crippen LogP contribution in [0.1, 0.15) is 32.3 Å². The van der Waals surface area contributed by atoms with Gasteiger partial charge < -0.3 is 24.3 Å². The number of carbonyl (C=O) groups excluding carboxylic acids is 1. The third kappa shape index (κ3) is 6.75. The molecule has 156 valence electrons. The maximum absolute atomic E-state index is 12.3. The van der Waals surface area contributed by atoms with Crippen LogP contribution in [0.4, 0.5) is 5.69 Å². The van der Waals surface area contributed by atoms with Crippen molar-refractivity contribution in [3.8, 4) is 23.0 Å². The first-order valence-corrected chi connectivity index (χ1v) is 9.72. The predicted molar refractivity (Wildman–Crippen MR) is 115 cm³/mol. The van der Waals surface area contributed by atoms with Crippen molar-refractivity contribution in [1.82, 2.24) is 0 Å². The fourth-order valence-electron chi connectivity index (χ4n) is 2.61. The zero-order chi connectivity index (χ0) is 21.1. The van der Waals surface area contributed by atoms with Crippen LogP contribution < -0.4 is 24.3 Å². The molecule has 0 aromatic heterocycles. The van der Waals surface area contributed by atoms with Gasteiger partial charge in [-0.25, -0.2) is 0 Å². The molecule has 0 saturated carbocycles. The third-order valence-electron chi connectivity index (χ3n) is 4.10. The Bertz CT molecular complexity index is 832. The maximum Gasteiger partial charge on any atom is 0.248 e. The fourth-order valence-corrected chi connectivity index (χ4v) is 2.61. The first-order valence-electron chi connectivity index (χ1n) is 9.72. The molecule has 0 bridgehead atoms. The minimum absolute atomic E-state index is 0.251. The van der Waals surface area contributed by atoms with E-state index in [4.69, 9.17) is 18.9 Å². The molecule has 0 spiro atoms. The smallest absolute Gasteiger partial charge is 0.248 e. The van der Waals surface area contributed by atoms with Crippen LogP contribution in [0.5, 0.6) is 23.0 Å². The highest BCUT2D eigenvalue weighted by molar-refractivity contribution is 6.02. The zero-order valence-corrected chi connectivity index (χ0v) is 17.5. The minimum atomic E-state index is -0.251. The standard InChI is InChI=1S/C23H29NO5/c1-5-7-14-29-20-11-8-17(15-22(20)28-6-2)9-13-23(25)24-18-10-12-19(26-3)21(16-18)27-4/h8-13,15-16H,5-7,14H2,1-4H3,(H,24,25)/b13-9+. The van der Waals surface area contributed by atoms with Gasteiger partial charge in [0.25, 0.3) is 0 Å². The van der Waals surface area contributed by atoms with Gasteiger partial charge in [0.1, 0.15) is 0 Å². The quantitative estimate of drug-likeness (QED) is 0.429. The van der Waals surface area contributed by atoms with Gasteiger partial charge in [-0.1, -0.05) is 19.4 Å². The molecule has 1 N–H and O–H groups in total. The fraction of sp³-hybridized carbons (Fsp3) is 0.348. The molecule has 2 aromatic rings. The molecule has 0 aliphatic heterocycles. The van der Waals surface area contributed by atoms with Gasteiger partial charge in [-0.3, -0.25) is 4.79 Å². The Labute approximate surface area is 172 Å². The van der Waals surface area contributed by atoms with E-state index in [1.807, 2.05) is 25.1 Å². The molecule has 0 radical (unpaired) electrons. The van der Waals surface area contributed by atoms with Gasteiger partial charge >= 0.3 is 0 Å². The van der Waals surface area contributed by atoms with Crippen molar-refractivity contribution in [2.24, 2.45) is 0 Å². The number of hydrogen-bond acceptors (Lipinski definition) is 5. The highest BCUT2D eigenvalue weighted by Gasteiger charge is 2.07. The number of rotatable bonds is 11. The summed E-state index contributed by atoms with van der Waals surface area (Å²) in [5, 5.41) is 2.81. The molecule has 0 heterocycles. The molecule has 0 saturated heterocycles. The number of methoxy groups -OCH3 is 2. The van der Waals surface area contributed by atoms with Crippen LogP contribution in [0.25, 0.3) is 6.08 Å². The van der Waals surface area contributed by atoms with Gasteiger partial charge in [-0.15, -0.1) is 0 Å². The molecule has 6 nitrogen and oxygen atoms in total. The average molecular weight is 399 g/mol. The van der Waals surface area contributed by atoms with Crippen LogP contribution in [-0.2, 0) is 4.79 Å². The van der Waals surface area contributed by atoms with E-state index in [-0.39, 0.29) is 5.91 Å². The Morgan fingerprint density at radius 1 is 0.931 bits per heavy atom. The Morgan fingerprint density at radius 3 is 2.38 bits per heavy atom. The Morgan fingerprint density at radius 2 is 1.69 bits per heavy atom. The zero-order valence-electron chi connectivity index (χ0n) is 17.5. The second kappa shape index (κ2) is 11.6. The van der Waals surface area contributed by atoms with E-state index in [1.165, 1.54) is 6.08 Å². The molecule has 1 amide bonds. The lowest BCUT2D eigenvalue weighted by molar-refractivity contribution is -0.111. The summed E-state index contributed by atoms with van der Waals surface area (Å²) in [7, 11) is 3.12. The van der Waals surface area contributed by atoms with Crippen molar-refractivity contribution in [3.63, 3.8) is 0 Å². The first kappa shape index (κ1) is 22.1. The Kier molecular flexibility index (Phi) is 8.89. The number of amides is 1. The van der Waals surface area contributed by atoms with E-state index >= 15 is 0 Å². The molecule has 0 unspecified atom stereocenters. The maximum atomic E-state index is 12.3. The van der Waals surface area contributed by atoms with Gasteiger partial charge in [0, 0.05) is 17.8 Å². The topological polar surface area (TPSA) is 66.0 Å². The van der Waals surface area contributed by atoms with Crippen LogP contribution >= 0.6 is 0 Å². The lowest BCUT2D eigenvalue weighted by Gasteiger charge is -2.12. The number of anilines is 1. The summed E-state index contributed by atoms with van der Waals surface area (Å²) >= 11 is 0. The summed E-state index contributed by atoms with van der Waals surface area (Å²) in [6.45, 7) is 5.24. The van der Waals surface area contributed by atoms with Crippen molar-refractivity contribution in [3.05, 3.63) is 48.0 Å². The van der Waals surface area contributed by atoms with Crippen LogP contribution in [0.15, 0.2) is 42.5 Å². The minimum Gasteiger partial charge on any atom is -0.493 e. The summed E-state index contributed by atoms with van der Waals surface area (Å²) in [6.07, 6.45) is 5.26. The summed E-state index contributed by atoms with van der Waals surface area (Å²) in [5.74, 6) is 2.29. The average Bonchev–Trinajstić information content (AvgIpc) is 2.73. The molecule has 0 fully saturated rings. The normalized spacial score (nSPS) is 10.6. The highest BCUT2D eigenvalue weighted by atomic mass is 16.5. The number of ether oxygens (including phenoxy) is 4. The summed E-state index contributed by atoms with van der Waals surface area (Å²) in [4.78, 5) is 12.3. The van der Waals surface area contributed by atoms with Gasteiger partial charge in [-0.2, -0.15) is 0 Å². The number of unbranched alkanes of at least 4 members (excludes halogenated alkanes) is 1. The Hall–Kier alpha value is -3.15. The van der Waals surface area contributed by atoms with E-state index in [9.17, 15) is 4.79 Å². The van der Waals surface area contributed by atoms with E-state index in [0.717, 1.165) is 18.4 Å². The van der Waals surface area contributed by atoms with Crippen molar-refractivity contribution >= 4 is 17.7 Å². The van der Waals surface area contributed by atoms with Crippen LogP contribution in [0.3, 0.4) is 0 Å². The molecule has 6 heteroatoms. The summed E-state index contributed by atoms with van der Waals surface area (Å²) < 4.78 is 21.9. The van der Waals surface area contributed by atoms with E-state index in [0.29, 0.717) is 41.9 Å². The third-order valence-corrected chi connectivity index (χ3v) is 4.10. The monoisotopic (exact) mass is 399 g/mol. The summed E-state index contributed by atoms with van der Waals surface area (Å²) in [6, 6.07) is 10.8. The van der Waals surface area contributed by atoms with Crippen LogP contribution in [0, 0.1) is 0 Å². The molecule has 0 atom stereocenters. The molecule has 29 heavy (non-hydrogen) atoms. The summed E-state index contributed by atoms with van der Waals surface area (Å²) in [5.41, 5.74) is 1.46. The number of carbonyl (C=O) groups is 1. The van der Waals surface area contributed by atoms with Crippen molar-refractivity contribution in [1.29, 1.82) is 0 Å². The van der Waals surface area contributed by atoms with Crippen molar-refractivity contribution in [2.45, 2.75) is 26.7 Å². The lowest BCUT2D eigenvalue weighted by Crippen LogP contribution is -2.08. The number of hydrogen-bond donors (Lipinski definition) is 1. The highest BCUT2D eigenvalue weighted by Crippen LogP contribution is 2.30. The predicted octanol–water partition coefficient (Wildman–Crippen LogP) is 4.93. The van der Waals surface area contributed by atoms with Crippen molar-refractivity contribution in [2.75, 3.05) is 32.8 Å². The molecule has 0 aliphatic rings. The van der Waals surface area contributed by atoms with Crippen molar-refractivity contribution < 1.29 is 23.7 Å². The van der Waals surface area contributed by atoms with Gasteiger partial charge in [0.05, 0.1) is 27.4 Å². The van der Waals surface area contributed by atoms with Gasteiger partial charge in [0.2, 0.25) is 5.91 Å². The molecule has 2 aromatic carbocycles. The van der Waals surface area contributed by atoms with Gasteiger partial charge in [-0.05, 0) is 49.2 Å². The molecule has 0 aliphatic carbocycles. The largest absolute Gasteiger partial charge is 0.493 e. The second-order valence-electron chi connectivity index (χ2n) is 6.23. The van der Waals surface area contributed by atoms with Crippen LogP contribution in [0.2, 0.25) is 0 Å².